The quantitative estimate of drug-likeness (QED) is 0.574. The summed E-state index contributed by atoms with van der Waals surface area (Å²) >= 11 is 0. The van der Waals surface area contributed by atoms with Crippen molar-refractivity contribution in [2.75, 3.05) is 14.2 Å². The third-order valence-corrected chi connectivity index (χ3v) is 4.34. The van der Waals surface area contributed by atoms with Crippen molar-refractivity contribution in [1.82, 2.24) is 4.90 Å². The lowest BCUT2D eigenvalue weighted by molar-refractivity contribution is 0.0784. The van der Waals surface area contributed by atoms with E-state index >= 15 is 0 Å². The van der Waals surface area contributed by atoms with Crippen LogP contribution in [0.15, 0.2) is 66.7 Å². The highest BCUT2D eigenvalue weighted by molar-refractivity contribution is 5.94. The number of amides is 1. The largest absolute Gasteiger partial charge is 0.493 e. The average molecular weight is 397 g/mol. The SMILES string of the molecule is COc1cc(CN(C)C(=O)c2cc(F)cc(F)c2)ccc1OCc1ccccc1. The van der Waals surface area contributed by atoms with Gasteiger partial charge in [0.05, 0.1) is 7.11 Å². The fourth-order valence-electron chi connectivity index (χ4n) is 2.91. The number of carbonyl (C=O) groups is 1. The molecule has 0 fully saturated rings. The fraction of sp³-hybridized carbons (Fsp3) is 0.174. The van der Waals surface area contributed by atoms with E-state index in [1.165, 1.54) is 4.90 Å². The molecule has 29 heavy (non-hydrogen) atoms. The standard InChI is InChI=1S/C23H21F2NO3/c1-26(23(27)18-11-19(24)13-20(25)12-18)14-17-8-9-21(22(10-17)28-2)29-15-16-6-4-3-5-7-16/h3-13H,14-15H2,1-2H3. The first-order chi connectivity index (χ1) is 14.0. The second kappa shape index (κ2) is 9.19. The molecular formula is C23H21F2NO3. The molecule has 0 aliphatic heterocycles. The van der Waals surface area contributed by atoms with Crippen LogP contribution < -0.4 is 9.47 Å². The lowest BCUT2D eigenvalue weighted by Gasteiger charge is -2.19. The van der Waals surface area contributed by atoms with Crippen molar-refractivity contribution in [3.63, 3.8) is 0 Å². The van der Waals surface area contributed by atoms with Crippen LogP contribution in [0.1, 0.15) is 21.5 Å². The lowest BCUT2D eigenvalue weighted by Crippen LogP contribution is -2.26. The summed E-state index contributed by atoms with van der Waals surface area (Å²) in [6, 6.07) is 17.9. The summed E-state index contributed by atoms with van der Waals surface area (Å²) in [6.45, 7) is 0.645. The van der Waals surface area contributed by atoms with Crippen molar-refractivity contribution in [3.05, 3.63) is 95.1 Å². The van der Waals surface area contributed by atoms with Gasteiger partial charge in [-0.25, -0.2) is 8.78 Å². The lowest BCUT2D eigenvalue weighted by atomic mass is 10.1. The van der Waals surface area contributed by atoms with Crippen LogP contribution in [-0.2, 0) is 13.2 Å². The normalized spacial score (nSPS) is 10.5. The molecule has 0 atom stereocenters. The Bertz CT molecular complexity index is 972. The average Bonchev–Trinajstić information content (AvgIpc) is 2.72. The molecule has 150 valence electrons. The molecule has 0 aliphatic carbocycles. The molecule has 4 nitrogen and oxygen atoms in total. The highest BCUT2D eigenvalue weighted by atomic mass is 19.1. The molecular weight excluding hydrogens is 376 g/mol. The van der Waals surface area contributed by atoms with Gasteiger partial charge >= 0.3 is 0 Å². The second-order valence-electron chi connectivity index (χ2n) is 6.58. The molecule has 0 unspecified atom stereocenters. The Kier molecular flexibility index (Phi) is 6.44. The zero-order valence-electron chi connectivity index (χ0n) is 16.2. The Labute approximate surface area is 168 Å². The third kappa shape index (κ3) is 5.31. The molecule has 0 bridgehead atoms. The molecule has 0 heterocycles. The summed E-state index contributed by atoms with van der Waals surface area (Å²) in [5.41, 5.74) is 1.78. The third-order valence-electron chi connectivity index (χ3n) is 4.34. The predicted octanol–water partition coefficient (Wildman–Crippen LogP) is 4.82. The monoisotopic (exact) mass is 397 g/mol. The van der Waals surface area contributed by atoms with E-state index in [0.29, 0.717) is 18.1 Å². The van der Waals surface area contributed by atoms with Gasteiger partial charge in [0.1, 0.15) is 18.2 Å². The Hall–Kier alpha value is -3.41. The van der Waals surface area contributed by atoms with Gasteiger partial charge in [0.25, 0.3) is 5.91 Å². The maximum atomic E-state index is 13.4. The minimum atomic E-state index is -0.789. The number of benzene rings is 3. The summed E-state index contributed by atoms with van der Waals surface area (Å²) in [6.07, 6.45) is 0. The van der Waals surface area contributed by atoms with Crippen molar-refractivity contribution in [1.29, 1.82) is 0 Å². The van der Waals surface area contributed by atoms with Gasteiger partial charge in [-0.05, 0) is 35.4 Å². The van der Waals surface area contributed by atoms with Gasteiger partial charge in [-0.3, -0.25) is 4.79 Å². The topological polar surface area (TPSA) is 38.8 Å². The maximum Gasteiger partial charge on any atom is 0.254 e. The first-order valence-corrected chi connectivity index (χ1v) is 9.01. The van der Waals surface area contributed by atoms with Gasteiger partial charge in [-0.15, -0.1) is 0 Å². The van der Waals surface area contributed by atoms with Crippen LogP contribution in [-0.4, -0.2) is 25.0 Å². The van der Waals surface area contributed by atoms with Crippen molar-refractivity contribution in [2.45, 2.75) is 13.2 Å². The Morgan fingerprint density at radius 1 is 0.897 bits per heavy atom. The van der Waals surface area contributed by atoms with E-state index in [0.717, 1.165) is 29.3 Å². The highest BCUT2D eigenvalue weighted by Gasteiger charge is 2.15. The van der Waals surface area contributed by atoms with Gasteiger partial charge in [0.15, 0.2) is 11.5 Å². The van der Waals surface area contributed by atoms with Crippen LogP contribution in [0.5, 0.6) is 11.5 Å². The van der Waals surface area contributed by atoms with Gasteiger partial charge in [0.2, 0.25) is 0 Å². The number of hydrogen-bond donors (Lipinski definition) is 0. The molecule has 0 aromatic heterocycles. The van der Waals surface area contributed by atoms with Crippen molar-refractivity contribution < 1.29 is 23.0 Å². The molecule has 3 aromatic carbocycles. The van der Waals surface area contributed by atoms with Gasteiger partial charge < -0.3 is 14.4 Å². The molecule has 0 saturated carbocycles. The molecule has 3 aromatic rings. The van der Waals surface area contributed by atoms with E-state index in [2.05, 4.69) is 0 Å². The minimum absolute atomic E-state index is 0.0419. The van der Waals surface area contributed by atoms with Gasteiger partial charge in [0, 0.05) is 25.2 Å². The van der Waals surface area contributed by atoms with Crippen LogP contribution in [0.25, 0.3) is 0 Å². The molecule has 3 rings (SSSR count). The Morgan fingerprint density at radius 3 is 2.24 bits per heavy atom. The number of rotatable bonds is 7. The predicted molar refractivity (Wildman–Crippen MR) is 106 cm³/mol. The Morgan fingerprint density at radius 2 is 1.59 bits per heavy atom. The van der Waals surface area contributed by atoms with E-state index in [9.17, 15) is 13.6 Å². The summed E-state index contributed by atoms with van der Waals surface area (Å²) in [5, 5.41) is 0. The van der Waals surface area contributed by atoms with E-state index in [4.69, 9.17) is 9.47 Å². The number of halogens is 2. The molecule has 1 amide bonds. The zero-order valence-corrected chi connectivity index (χ0v) is 16.2. The van der Waals surface area contributed by atoms with Crippen molar-refractivity contribution >= 4 is 5.91 Å². The van der Waals surface area contributed by atoms with Crippen LogP contribution in [0.2, 0.25) is 0 Å². The van der Waals surface area contributed by atoms with Gasteiger partial charge in [-0.2, -0.15) is 0 Å². The minimum Gasteiger partial charge on any atom is -0.493 e. The van der Waals surface area contributed by atoms with Crippen molar-refractivity contribution in [2.24, 2.45) is 0 Å². The number of methoxy groups -OCH3 is 1. The van der Waals surface area contributed by atoms with Crippen LogP contribution >= 0.6 is 0 Å². The molecule has 0 aliphatic rings. The number of carbonyl (C=O) groups excluding carboxylic acids is 1. The van der Waals surface area contributed by atoms with E-state index < -0.39 is 17.5 Å². The summed E-state index contributed by atoms with van der Waals surface area (Å²) < 4.78 is 38.0. The van der Waals surface area contributed by atoms with E-state index in [-0.39, 0.29) is 12.1 Å². The molecule has 0 saturated heterocycles. The molecule has 0 spiro atoms. The van der Waals surface area contributed by atoms with Crippen LogP contribution in [0, 0.1) is 11.6 Å². The Balaban J connectivity index is 1.69. The number of nitrogens with zero attached hydrogens (tertiary/aromatic N) is 1. The fourth-order valence-corrected chi connectivity index (χ4v) is 2.91. The molecule has 6 heteroatoms. The summed E-state index contributed by atoms with van der Waals surface area (Å²) in [5.74, 6) is -0.934. The zero-order chi connectivity index (χ0) is 20.8. The summed E-state index contributed by atoms with van der Waals surface area (Å²) in [7, 11) is 3.11. The first kappa shape index (κ1) is 20.3. The van der Waals surface area contributed by atoms with Crippen LogP contribution in [0.3, 0.4) is 0 Å². The van der Waals surface area contributed by atoms with Crippen molar-refractivity contribution in [3.8, 4) is 11.5 Å². The summed E-state index contributed by atoms with van der Waals surface area (Å²) in [4.78, 5) is 13.9. The molecule has 0 radical (unpaired) electrons. The van der Waals surface area contributed by atoms with Gasteiger partial charge in [-0.1, -0.05) is 36.4 Å². The molecule has 0 N–H and O–H groups in total. The second-order valence-corrected chi connectivity index (χ2v) is 6.58. The van der Waals surface area contributed by atoms with Crippen LogP contribution in [0.4, 0.5) is 8.78 Å². The number of ether oxygens (including phenoxy) is 2. The van der Waals surface area contributed by atoms with E-state index in [1.807, 2.05) is 36.4 Å². The maximum absolute atomic E-state index is 13.4. The van der Waals surface area contributed by atoms with E-state index in [1.54, 1.807) is 26.3 Å². The first-order valence-electron chi connectivity index (χ1n) is 9.01. The smallest absolute Gasteiger partial charge is 0.254 e. The number of hydrogen-bond acceptors (Lipinski definition) is 3. The highest BCUT2D eigenvalue weighted by Crippen LogP contribution is 2.29.